The lowest BCUT2D eigenvalue weighted by Gasteiger charge is -2.50. The van der Waals surface area contributed by atoms with E-state index in [0.717, 1.165) is 0 Å². The minimum atomic E-state index is -7.43. The minimum Gasteiger partial charge on any atom is -0.462 e. The van der Waals surface area contributed by atoms with E-state index in [1.807, 2.05) is 0 Å². The summed E-state index contributed by atoms with van der Waals surface area (Å²) >= 11 is 0. The number of hydrogen-bond donors (Lipinski definition) is 0. The van der Waals surface area contributed by atoms with Crippen molar-refractivity contribution in [1.29, 1.82) is 0 Å². The summed E-state index contributed by atoms with van der Waals surface area (Å²) in [6, 6.07) is 0. The highest BCUT2D eigenvalue weighted by molar-refractivity contribution is 5.84. The number of alkyl halides is 22. The van der Waals surface area contributed by atoms with Crippen LogP contribution in [0.5, 0.6) is 0 Å². The lowest BCUT2D eigenvalue weighted by molar-refractivity contribution is -0.478. The summed E-state index contributed by atoms with van der Waals surface area (Å²) < 4.78 is 312. The van der Waals surface area contributed by atoms with E-state index in [0.29, 0.717) is 0 Å². The molecule has 1 unspecified atom stereocenters. The van der Waals surface area contributed by atoms with Gasteiger partial charge < -0.3 is 18.9 Å². The maximum atomic E-state index is 14.3. The first-order valence-corrected chi connectivity index (χ1v) is 15.7. The molecule has 30 heteroatoms. The zero-order valence-electron chi connectivity index (χ0n) is 29.9. The Morgan fingerprint density at radius 3 is 0.915 bits per heavy atom. The molecule has 0 bridgehead atoms. The smallest absolute Gasteiger partial charge is 0.384 e. The van der Waals surface area contributed by atoms with Gasteiger partial charge in [0.2, 0.25) is 0 Å². The van der Waals surface area contributed by atoms with Crippen molar-refractivity contribution in [3.8, 4) is 0 Å². The average molecular weight is 922 g/mol. The number of carbonyl (C=O) groups excluding carboxylic acids is 4. The molecule has 346 valence electrons. The molecular formula is C29H28F22O8. The van der Waals surface area contributed by atoms with Crippen molar-refractivity contribution in [3.05, 3.63) is 0 Å². The summed E-state index contributed by atoms with van der Waals surface area (Å²) in [5.74, 6) is -83.7. The second kappa shape index (κ2) is 15.7. The summed E-state index contributed by atoms with van der Waals surface area (Å²) in [5, 5.41) is 0. The number of ether oxygens (including phenoxy) is 4. The van der Waals surface area contributed by atoms with E-state index >= 15 is 0 Å². The van der Waals surface area contributed by atoms with Gasteiger partial charge in [-0.25, -0.2) is 18.4 Å². The highest BCUT2D eigenvalue weighted by Crippen LogP contribution is 2.71. The highest BCUT2D eigenvalue weighted by atomic mass is 19.4. The molecule has 0 radical (unpaired) electrons. The van der Waals surface area contributed by atoms with E-state index in [2.05, 4.69) is 18.9 Å². The fourth-order valence-electron chi connectivity index (χ4n) is 4.35. The van der Waals surface area contributed by atoms with Gasteiger partial charge in [-0.2, -0.15) is 87.8 Å². The van der Waals surface area contributed by atoms with E-state index in [1.54, 1.807) is 0 Å². The number of rotatable bonds is 12. The molecular weight excluding hydrogens is 894 g/mol. The lowest BCUT2D eigenvalue weighted by atomic mass is 9.72. The van der Waals surface area contributed by atoms with Crippen LogP contribution in [0.2, 0.25) is 0 Å². The summed E-state index contributed by atoms with van der Waals surface area (Å²) in [5.41, 5.74) is -14.9. The Morgan fingerprint density at radius 2 is 0.661 bits per heavy atom. The highest BCUT2D eigenvalue weighted by Gasteiger charge is 3.04. The van der Waals surface area contributed by atoms with Gasteiger partial charge >= 0.3 is 94.4 Å². The Morgan fingerprint density at radius 1 is 0.424 bits per heavy atom. The molecule has 8 nitrogen and oxygen atoms in total. The van der Waals surface area contributed by atoms with Crippen molar-refractivity contribution in [1.82, 2.24) is 0 Å². The van der Waals surface area contributed by atoms with Gasteiger partial charge in [-0.1, -0.05) is 20.8 Å². The van der Waals surface area contributed by atoms with Gasteiger partial charge in [0.25, 0.3) is 0 Å². The summed E-state index contributed by atoms with van der Waals surface area (Å²) in [4.78, 5) is 45.7. The molecule has 0 aromatic rings. The van der Waals surface area contributed by atoms with Gasteiger partial charge in [0.05, 0.1) is 11.3 Å². The topological polar surface area (TPSA) is 105 Å². The molecule has 0 saturated heterocycles. The molecule has 2 aliphatic carbocycles. The molecule has 0 aromatic heterocycles. The third kappa shape index (κ3) is 7.05. The molecule has 2 saturated carbocycles. The zero-order chi connectivity index (χ0) is 47.5. The van der Waals surface area contributed by atoms with E-state index < -0.39 is 132 Å². The number of carbonyl (C=O) groups is 4. The Kier molecular flexibility index (Phi) is 14.2. The van der Waals surface area contributed by atoms with Crippen molar-refractivity contribution in [3.63, 3.8) is 0 Å². The van der Waals surface area contributed by atoms with Crippen LogP contribution in [-0.4, -0.2) is 121 Å². The summed E-state index contributed by atoms with van der Waals surface area (Å²) in [6.45, 7) is 1.98. The predicted molar refractivity (Wildman–Crippen MR) is 145 cm³/mol. The van der Waals surface area contributed by atoms with Crippen LogP contribution in [0.1, 0.15) is 47.5 Å². The van der Waals surface area contributed by atoms with Crippen LogP contribution >= 0.6 is 0 Å². The lowest BCUT2D eigenvalue weighted by Crippen LogP contribution is -2.85. The zero-order valence-corrected chi connectivity index (χ0v) is 29.9. The molecule has 2 aliphatic rings. The maximum absolute atomic E-state index is 14.3. The van der Waals surface area contributed by atoms with Gasteiger partial charge in [0.1, 0.15) is 26.4 Å². The molecule has 59 heavy (non-hydrogen) atoms. The van der Waals surface area contributed by atoms with Crippen LogP contribution in [0.4, 0.5) is 96.6 Å². The Bertz CT molecular complexity index is 1530. The van der Waals surface area contributed by atoms with Crippen molar-refractivity contribution in [2.24, 2.45) is 11.3 Å². The number of esters is 4. The fourth-order valence-corrected chi connectivity index (χ4v) is 4.35. The van der Waals surface area contributed by atoms with Crippen LogP contribution in [0, 0.1) is 11.3 Å². The van der Waals surface area contributed by atoms with Crippen LogP contribution in [0.15, 0.2) is 0 Å². The van der Waals surface area contributed by atoms with Crippen LogP contribution < -0.4 is 0 Å². The molecule has 1 atom stereocenters. The quantitative estimate of drug-likeness (QED) is 0.0833. The maximum Gasteiger partial charge on any atom is 0.384 e. The average Bonchev–Trinajstić information content (AvgIpc) is 3.11. The number of halogens is 22. The second-order valence-corrected chi connectivity index (χ2v) is 13.2. The van der Waals surface area contributed by atoms with E-state index in [9.17, 15) is 116 Å². The van der Waals surface area contributed by atoms with Crippen LogP contribution in [0.3, 0.4) is 0 Å². The molecule has 2 fully saturated rings. The van der Waals surface area contributed by atoms with E-state index in [-0.39, 0.29) is 12.8 Å². The van der Waals surface area contributed by atoms with Gasteiger partial charge in [-0.05, 0) is 26.7 Å². The van der Waals surface area contributed by atoms with Crippen LogP contribution in [0.25, 0.3) is 0 Å². The second-order valence-electron chi connectivity index (χ2n) is 13.2. The Hall–Kier alpha value is -3.66. The van der Waals surface area contributed by atoms with Crippen molar-refractivity contribution < 1.29 is 135 Å². The molecule has 0 aliphatic heterocycles. The minimum absolute atomic E-state index is 0.204. The predicted octanol–water partition coefficient (Wildman–Crippen LogP) is 8.42. The summed E-state index contributed by atoms with van der Waals surface area (Å²) in [7, 11) is 0. The molecule has 0 spiro atoms. The van der Waals surface area contributed by atoms with Gasteiger partial charge in [0, 0.05) is 0 Å². The third-order valence-electron chi connectivity index (χ3n) is 9.01. The molecule has 2 rings (SSSR count). The number of hydrogen-bond acceptors (Lipinski definition) is 8. The van der Waals surface area contributed by atoms with Crippen LogP contribution in [-0.2, 0) is 38.1 Å². The van der Waals surface area contributed by atoms with Crippen molar-refractivity contribution in [2.75, 3.05) is 26.4 Å². The monoisotopic (exact) mass is 922 g/mol. The van der Waals surface area contributed by atoms with E-state index in [4.69, 9.17) is 0 Å². The SMILES string of the molecule is CCC(C)(C)C(=O)OCCOC(=O)C1(F)C(F)(F)C(F)(F)C(F)(F)C(F)(F)C1(F)F.CCC(C)C(=O)OCCOC(=O)C1(F)C(F)(F)C(F)(F)C(F)(F)C(F)(F)C1(F)F. The van der Waals surface area contributed by atoms with E-state index in [1.165, 1.54) is 34.6 Å². The first kappa shape index (κ1) is 53.4. The standard InChI is InChI=1S/C15H15F11O4.C14H13F11O4/c1-4-9(2,3)7(27)29-5-6-30-8(28)10(16)11(17,18)13(21,22)15(25,26)14(23,24)12(10,19)20;1-3-6(2)7(26)28-4-5-29-8(27)9(15)10(16,17)12(20,21)14(24,25)13(22,23)11(9,18)19/h4-6H2,1-3H3;6H,3-5H2,1-2H3. The van der Waals surface area contributed by atoms with Gasteiger partial charge in [-0.15, -0.1) is 0 Å². The third-order valence-corrected chi connectivity index (χ3v) is 9.01. The molecule has 0 amide bonds. The molecule has 0 heterocycles. The van der Waals surface area contributed by atoms with Crippen molar-refractivity contribution in [2.45, 2.75) is 118 Å². The molecule has 0 aromatic carbocycles. The first-order chi connectivity index (χ1) is 25.9. The van der Waals surface area contributed by atoms with Gasteiger partial charge in [0.15, 0.2) is 0 Å². The van der Waals surface area contributed by atoms with Gasteiger partial charge in [-0.3, -0.25) is 9.59 Å². The summed E-state index contributed by atoms with van der Waals surface area (Å²) in [6.07, 6.45) is 0.444. The van der Waals surface area contributed by atoms with Crippen molar-refractivity contribution >= 4 is 23.9 Å². The molecule has 0 N–H and O–H groups in total. The first-order valence-electron chi connectivity index (χ1n) is 15.7. The normalized spacial score (nSPS) is 25.7. The Balaban J connectivity index is 0.000000590. The largest absolute Gasteiger partial charge is 0.462 e. The fraction of sp³-hybridized carbons (Fsp3) is 0.862. The Labute approximate surface area is 315 Å².